The van der Waals surface area contributed by atoms with Crippen LogP contribution in [0.25, 0.3) is 0 Å². The fraction of sp³-hybridized carbons (Fsp3) is 0.708. The third-order valence-corrected chi connectivity index (χ3v) is 5.43. The second-order valence-electron chi connectivity index (χ2n) is 7.88. The molecule has 1 aromatic carbocycles. The standard InChI is InChI=1S/C24H41NO4/c1-3-4-5-6-7-8-9-10-11-12-13-14-23(27)22(19-26)25-24(28)20-15-17-21(29-2)18-16-20/h15-18,22-23,26-27H,3-14,19H2,1-2H3,(H,25,28). The summed E-state index contributed by atoms with van der Waals surface area (Å²) in [6.45, 7) is 1.97. The molecule has 166 valence electrons. The topological polar surface area (TPSA) is 78.8 Å². The SMILES string of the molecule is CCCCCCCCCCCCCC(O)C(CO)NC(=O)c1ccc(OC)cc1. The van der Waals surface area contributed by atoms with Crippen LogP contribution in [0.4, 0.5) is 0 Å². The number of unbranched alkanes of at least 4 members (excludes halogenated alkanes) is 10. The first-order chi connectivity index (χ1) is 14.1. The molecule has 1 rings (SSSR count). The number of hydrogen-bond acceptors (Lipinski definition) is 4. The van der Waals surface area contributed by atoms with Crippen molar-refractivity contribution in [3.05, 3.63) is 29.8 Å². The molecule has 5 nitrogen and oxygen atoms in total. The largest absolute Gasteiger partial charge is 0.497 e. The Hall–Kier alpha value is -1.59. The van der Waals surface area contributed by atoms with Crippen LogP contribution in [0.2, 0.25) is 0 Å². The molecule has 1 aromatic rings. The van der Waals surface area contributed by atoms with Gasteiger partial charge in [-0.2, -0.15) is 0 Å². The van der Waals surface area contributed by atoms with Gasteiger partial charge in [-0.15, -0.1) is 0 Å². The first-order valence-electron chi connectivity index (χ1n) is 11.4. The lowest BCUT2D eigenvalue weighted by molar-refractivity contribution is 0.0661. The quantitative estimate of drug-likeness (QED) is 0.323. The van der Waals surface area contributed by atoms with E-state index in [4.69, 9.17) is 4.74 Å². The van der Waals surface area contributed by atoms with Crippen molar-refractivity contribution in [1.82, 2.24) is 5.32 Å². The average Bonchev–Trinajstić information content (AvgIpc) is 2.75. The van der Waals surface area contributed by atoms with Crippen molar-refractivity contribution in [3.63, 3.8) is 0 Å². The number of nitrogens with one attached hydrogen (secondary N) is 1. The molecule has 2 unspecified atom stereocenters. The molecule has 0 fully saturated rings. The minimum atomic E-state index is -0.735. The number of aliphatic hydroxyl groups is 2. The predicted molar refractivity (Wildman–Crippen MR) is 118 cm³/mol. The van der Waals surface area contributed by atoms with Gasteiger partial charge in [-0.3, -0.25) is 4.79 Å². The lowest BCUT2D eigenvalue weighted by Gasteiger charge is -2.22. The molecule has 0 aliphatic carbocycles. The van der Waals surface area contributed by atoms with Gasteiger partial charge in [0, 0.05) is 5.56 Å². The van der Waals surface area contributed by atoms with E-state index in [-0.39, 0.29) is 12.5 Å². The lowest BCUT2D eigenvalue weighted by atomic mass is 10.0. The van der Waals surface area contributed by atoms with Crippen LogP contribution in [0, 0.1) is 0 Å². The number of carbonyl (C=O) groups is 1. The second kappa shape index (κ2) is 16.2. The van der Waals surface area contributed by atoms with E-state index < -0.39 is 12.1 Å². The van der Waals surface area contributed by atoms with Crippen molar-refractivity contribution in [2.24, 2.45) is 0 Å². The number of amides is 1. The highest BCUT2D eigenvalue weighted by Crippen LogP contribution is 2.14. The molecule has 0 radical (unpaired) electrons. The zero-order chi connectivity index (χ0) is 21.3. The summed E-state index contributed by atoms with van der Waals surface area (Å²) >= 11 is 0. The minimum absolute atomic E-state index is 0.277. The molecular formula is C24H41NO4. The molecule has 0 spiro atoms. The summed E-state index contributed by atoms with van der Waals surface area (Å²) < 4.78 is 5.08. The number of methoxy groups -OCH3 is 1. The number of rotatable bonds is 17. The molecule has 2 atom stereocenters. The van der Waals surface area contributed by atoms with Gasteiger partial charge < -0.3 is 20.3 Å². The van der Waals surface area contributed by atoms with Gasteiger partial charge in [-0.1, -0.05) is 77.6 Å². The van der Waals surface area contributed by atoms with Crippen molar-refractivity contribution in [2.45, 2.75) is 96.1 Å². The van der Waals surface area contributed by atoms with E-state index in [1.807, 2.05) is 0 Å². The second-order valence-corrected chi connectivity index (χ2v) is 7.88. The van der Waals surface area contributed by atoms with Gasteiger partial charge in [-0.25, -0.2) is 0 Å². The maximum atomic E-state index is 12.3. The maximum absolute atomic E-state index is 12.3. The molecule has 5 heteroatoms. The van der Waals surface area contributed by atoms with Crippen molar-refractivity contribution >= 4 is 5.91 Å². The smallest absolute Gasteiger partial charge is 0.251 e. The summed E-state index contributed by atoms with van der Waals surface area (Å²) in [5.41, 5.74) is 0.478. The molecule has 1 amide bonds. The molecule has 0 aliphatic rings. The Labute approximate surface area is 176 Å². The molecule has 0 aromatic heterocycles. The van der Waals surface area contributed by atoms with Gasteiger partial charge in [0.05, 0.1) is 25.9 Å². The van der Waals surface area contributed by atoms with E-state index in [2.05, 4.69) is 12.2 Å². The molecular weight excluding hydrogens is 366 g/mol. The summed E-state index contributed by atoms with van der Waals surface area (Å²) in [6.07, 6.45) is 13.7. The minimum Gasteiger partial charge on any atom is -0.497 e. The van der Waals surface area contributed by atoms with E-state index >= 15 is 0 Å². The van der Waals surface area contributed by atoms with Crippen LogP contribution in [-0.2, 0) is 0 Å². The normalized spacial score (nSPS) is 13.1. The highest BCUT2D eigenvalue weighted by atomic mass is 16.5. The highest BCUT2D eigenvalue weighted by molar-refractivity contribution is 5.94. The molecule has 0 saturated heterocycles. The van der Waals surface area contributed by atoms with Gasteiger partial charge in [0.25, 0.3) is 5.91 Å². The van der Waals surface area contributed by atoms with Crippen molar-refractivity contribution < 1.29 is 19.7 Å². The van der Waals surface area contributed by atoms with Crippen molar-refractivity contribution in [1.29, 1.82) is 0 Å². The maximum Gasteiger partial charge on any atom is 0.251 e. The average molecular weight is 408 g/mol. The van der Waals surface area contributed by atoms with Crippen molar-refractivity contribution in [3.8, 4) is 5.75 Å². The molecule has 0 bridgehead atoms. The predicted octanol–water partition coefficient (Wildman–Crippen LogP) is 4.85. The summed E-state index contributed by atoms with van der Waals surface area (Å²) in [7, 11) is 1.57. The number of carbonyl (C=O) groups excluding carboxylic acids is 1. The summed E-state index contributed by atoms with van der Waals surface area (Å²) in [6, 6.07) is 6.11. The number of aliphatic hydroxyl groups excluding tert-OH is 2. The van der Waals surface area contributed by atoms with Crippen LogP contribution in [0.15, 0.2) is 24.3 Å². The van der Waals surface area contributed by atoms with Crippen LogP contribution < -0.4 is 10.1 Å². The van der Waals surface area contributed by atoms with Crippen LogP contribution in [0.5, 0.6) is 5.75 Å². The Morgan fingerprint density at radius 1 is 0.931 bits per heavy atom. The van der Waals surface area contributed by atoms with E-state index in [0.29, 0.717) is 17.7 Å². The van der Waals surface area contributed by atoms with Crippen LogP contribution in [0.1, 0.15) is 94.3 Å². The zero-order valence-electron chi connectivity index (χ0n) is 18.4. The summed E-state index contributed by atoms with van der Waals surface area (Å²) in [5, 5.41) is 22.6. The van der Waals surface area contributed by atoms with Crippen molar-refractivity contribution in [2.75, 3.05) is 13.7 Å². The molecule has 0 heterocycles. The third-order valence-electron chi connectivity index (χ3n) is 5.43. The number of benzene rings is 1. The Bertz CT molecular complexity index is 532. The Morgan fingerprint density at radius 2 is 1.45 bits per heavy atom. The molecule has 3 N–H and O–H groups in total. The van der Waals surface area contributed by atoms with Crippen LogP contribution in [0.3, 0.4) is 0 Å². The van der Waals surface area contributed by atoms with E-state index in [1.165, 1.54) is 57.8 Å². The Kier molecular flexibility index (Phi) is 14.2. The van der Waals surface area contributed by atoms with Gasteiger partial charge in [-0.05, 0) is 30.7 Å². The van der Waals surface area contributed by atoms with E-state index in [0.717, 1.165) is 12.8 Å². The monoisotopic (exact) mass is 407 g/mol. The van der Waals surface area contributed by atoms with E-state index in [1.54, 1.807) is 31.4 Å². The number of hydrogen-bond donors (Lipinski definition) is 3. The first kappa shape index (κ1) is 25.4. The first-order valence-corrected chi connectivity index (χ1v) is 11.4. The molecule has 0 saturated carbocycles. The third kappa shape index (κ3) is 11.2. The van der Waals surface area contributed by atoms with Crippen LogP contribution in [-0.4, -0.2) is 42.0 Å². The summed E-state index contributed by atoms with van der Waals surface area (Å²) in [5.74, 6) is 0.376. The van der Waals surface area contributed by atoms with Gasteiger partial charge in [0.15, 0.2) is 0 Å². The van der Waals surface area contributed by atoms with Gasteiger partial charge >= 0.3 is 0 Å². The Morgan fingerprint density at radius 3 is 1.93 bits per heavy atom. The lowest BCUT2D eigenvalue weighted by Crippen LogP contribution is -2.45. The summed E-state index contributed by atoms with van der Waals surface area (Å²) in [4.78, 5) is 12.3. The zero-order valence-corrected chi connectivity index (χ0v) is 18.4. The molecule has 0 aliphatic heterocycles. The van der Waals surface area contributed by atoms with Gasteiger partial charge in [0.1, 0.15) is 5.75 Å². The van der Waals surface area contributed by atoms with Gasteiger partial charge in [0.2, 0.25) is 0 Å². The molecule has 29 heavy (non-hydrogen) atoms. The highest BCUT2D eigenvalue weighted by Gasteiger charge is 2.20. The fourth-order valence-corrected chi connectivity index (χ4v) is 3.48. The van der Waals surface area contributed by atoms with Crippen LogP contribution >= 0.6 is 0 Å². The fourth-order valence-electron chi connectivity index (χ4n) is 3.48. The number of ether oxygens (including phenoxy) is 1. The van der Waals surface area contributed by atoms with E-state index in [9.17, 15) is 15.0 Å². The Balaban J connectivity index is 2.16.